The molecule has 0 radical (unpaired) electrons. The van der Waals surface area contributed by atoms with Crippen LogP contribution in [0.5, 0.6) is 0 Å². The van der Waals surface area contributed by atoms with E-state index in [1.54, 1.807) is 25.2 Å². The molecule has 3 aromatic rings. The van der Waals surface area contributed by atoms with E-state index >= 15 is 0 Å². The summed E-state index contributed by atoms with van der Waals surface area (Å²) in [6.45, 7) is 3.56. The van der Waals surface area contributed by atoms with Gasteiger partial charge in [-0.3, -0.25) is 4.79 Å². The predicted octanol–water partition coefficient (Wildman–Crippen LogP) is 3.54. The number of hydrogen-bond donors (Lipinski definition) is 2. The Kier molecular flexibility index (Phi) is 4.61. The minimum atomic E-state index is -0.738. The van der Waals surface area contributed by atoms with Crippen LogP contribution in [0.25, 0.3) is 9.75 Å². The summed E-state index contributed by atoms with van der Waals surface area (Å²) in [6, 6.07) is 7.93. The second-order valence-corrected chi connectivity index (χ2v) is 7.17. The van der Waals surface area contributed by atoms with E-state index < -0.39 is 6.10 Å². The largest absolute Gasteiger partial charge is 0.386 e. The van der Waals surface area contributed by atoms with Crippen LogP contribution in [0.3, 0.4) is 0 Å². The van der Waals surface area contributed by atoms with Crippen molar-refractivity contribution in [1.82, 2.24) is 10.5 Å². The highest BCUT2D eigenvalue weighted by Crippen LogP contribution is 2.33. The fourth-order valence-electron chi connectivity index (χ4n) is 2.27. The molecule has 0 saturated heterocycles. The van der Waals surface area contributed by atoms with Crippen molar-refractivity contribution in [2.75, 3.05) is 6.54 Å². The lowest BCUT2D eigenvalue weighted by Gasteiger charge is -2.10. The summed E-state index contributed by atoms with van der Waals surface area (Å²) >= 11 is 3.19. The maximum atomic E-state index is 12.2. The molecule has 1 atom stereocenters. The molecule has 120 valence electrons. The van der Waals surface area contributed by atoms with Gasteiger partial charge in [-0.05, 0) is 37.4 Å². The standard InChI is InChI=1S/C16H16N2O3S2/c1-9-15(10(2)21-18-9)16(20)17-8-11(19)12-5-6-14(23-12)13-4-3-7-22-13/h3-7,11,19H,8H2,1-2H3,(H,17,20). The van der Waals surface area contributed by atoms with Crippen LogP contribution >= 0.6 is 22.7 Å². The molecule has 0 fully saturated rings. The Bertz CT molecular complexity index is 786. The van der Waals surface area contributed by atoms with Gasteiger partial charge >= 0.3 is 0 Å². The van der Waals surface area contributed by atoms with E-state index in [0.717, 1.165) is 9.75 Å². The van der Waals surface area contributed by atoms with E-state index in [1.165, 1.54) is 16.2 Å². The van der Waals surface area contributed by atoms with Crippen molar-refractivity contribution in [2.24, 2.45) is 0 Å². The lowest BCUT2D eigenvalue weighted by atomic mass is 10.2. The van der Waals surface area contributed by atoms with Crippen LogP contribution in [0.2, 0.25) is 0 Å². The number of nitrogens with one attached hydrogen (secondary N) is 1. The second kappa shape index (κ2) is 6.66. The van der Waals surface area contributed by atoms with Gasteiger partial charge in [-0.2, -0.15) is 0 Å². The zero-order valence-electron chi connectivity index (χ0n) is 12.7. The number of nitrogens with zero attached hydrogens (tertiary/aromatic N) is 1. The summed E-state index contributed by atoms with van der Waals surface area (Å²) in [5.74, 6) is 0.195. The zero-order chi connectivity index (χ0) is 16.4. The number of carbonyl (C=O) groups excluding carboxylic acids is 1. The van der Waals surface area contributed by atoms with Crippen LogP contribution < -0.4 is 5.32 Å². The molecule has 7 heteroatoms. The molecule has 3 rings (SSSR count). The molecule has 0 aromatic carbocycles. The summed E-state index contributed by atoms with van der Waals surface area (Å²) in [7, 11) is 0. The Balaban J connectivity index is 1.64. The molecule has 23 heavy (non-hydrogen) atoms. The van der Waals surface area contributed by atoms with E-state index in [2.05, 4.69) is 10.5 Å². The van der Waals surface area contributed by atoms with E-state index in [0.29, 0.717) is 17.0 Å². The van der Waals surface area contributed by atoms with Crippen molar-refractivity contribution in [3.63, 3.8) is 0 Å². The first kappa shape index (κ1) is 15.9. The van der Waals surface area contributed by atoms with Gasteiger partial charge in [0.25, 0.3) is 5.91 Å². The number of rotatable bonds is 5. The molecule has 0 aliphatic heterocycles. The lowest BCUT2D eigenvalue weighted by molar-refractivity contribution is 0.0916. The number of hydrogen-bond acceptors (Lipinski definition) is 6. The Labute approximate surface area is 141 Å². The molecule has 2 N–H and O–H groups in total. The minimum absolute atomic E-state index is 0.146. The van der Waals surface area contributed by atoms with E-state index in [1.807, 2.05) is 29.6 Å². The molecule has 5 nitrogen and oxygen atoms in total. The summed E-state index contributed by atoms with van der Waals surface area (Å²) in [6.07, 6.45) is -0.738. The van der Waals surface area contributed by atoms with Crippen molar-refractivity contribution >= 4 is 28.6 Å². The topological polar surface area (TPSA) is 75.4 Å². The van der Waals surface area contributed by atoms with Crippen LogP contribution in [0.1, 0.15) is 32.8 Å². The molecule has 0 aliphatic carbocycles. The Morgan fingerprint density at radius 1 is 1.35 bits per heavy atom. The zero-order valence-corrected chi connectivity index (χ0v) is 14.3. The van der Waals surface area contributed by atoms with Crippen molar-refractivity contribution in [3.05, 3.63) is 51.5 Å². The average molecular weight is 348 g/mol. The summed E-state index contributed by atoms with van der Waals surface area (Å²) in [5, 5.41) is 18.8. The van der Waals surface area contributed by atoms with Crippen molar-refractivity contribution in [3.8, 4) is 9.75 Å². The fraction of sp³-hybridized carbons (Fsp3) is 0.250. The normalized spacial score (nSPS) is 12.3. The van der Waals surface area contributed by atoms with Gasteiger partial charge < -0.3 is 14.9 Å². The number of aliphatic hydroxyl groups is 1. The summed E-state index contributed by atoms with van der Waals surface area (Å²) in [5.41, 5.74) is 0.980. The third-order valence-electron chi connectivity index (χ3n) is 3.44. The second-order valence-electron chi connectivity index (χ2n) is 5.10. The Hall–Kier alpha value is -1.96. The van der Waals surface area contributed by atoms with Gasteiger partial charge in [-0.15, -0.1) is 22.7 Å². The first-order valence-corrected chi connectivity index (χ1v) is 8.78. The van der Waals surface area contributed by atoms with Gasteiger partial charge in [0, 0.05) is 21.2 Å². The monoisotopic (exact) mass is 348 g/mol. The first-order chi connectivity index (χ1) is 11.1. The maximum absolute atomic E-state index is 12.2. The van der Waals surface area contributed by atoms with Gasteiger partial charge in [-0.25, -0.2) is 0 Å². The van der Waals surface area contributed by atoms with Crippen molar-refractivity contribution < 1.29 is 14.4 Å². The molecule has 0 bridgehead atoms. The van der Waals surface area contributed by atoms with Gasteiger partial charge in [0.1, 0.15) is 17.4 Å². The Morgan fingerprint density at radius 2 is 2.17 bits per heavy atom. The van der Waals surface area contributed by atoms with Crippen molar-refractivity contribution in [1.29, 1.82) is 0 Å². The molecule has 3 heterocycles. The van der Waals surface area contributed by atoms with Crippen LogP contribution in [0, 0.1) is 13.8 Å². The fourth-order valence-corrected chi connectivity index (χ4v) is 4.10. The summed E-state index contributed by atoms with van der Waals surface area (Å²) in [4.78, 5) is 15.3. The average Bonchev–Trinajstić information content (AvgIpc) is 3.25. The number of aryl methyl sites for hydroxylation is 2. The summed E-state index contributed by atoms with van der Waals surface area (Å²) < 4.78 is 4.98. The van der Waals surface area contributed by atoms with Crippen molar-refractivity contribution in [2.45, 2.75) is 20.0 Å². The molecule has 0 spiro atoms. The third kappa shape index (κ3) is 3.36. The first-order valence-electron chi connectivity index (χ1n) is 7.09. The van der Waals surface area contributed by atoms with Gasteiger partial charge in [-0.1, -0.05) is 11.2 Å². The van der Waals surface area contributed by atoms with E-state index in [-0.39, 0.29) is 12.5 Å². The van der Waals surface area contributed by atoms with Crippen LogP contribution in [-0.2, 0) is 0 Å². The number of aliphatic hydroxyl groups excluding tert-OH is 1. The molecule has 1 amide bonds. The van der Waals surface area contributed by atoms with Gasteiger partial charge in [0.2, 0.25) is 0 Å². The molecule has 0 aliphatic rings. The highest BCUT2D eigenvalue weighted by Gasteiger charge is 2.19. The quantitative estimate of drug-likeness (QED) is 0.739. The number of carbonyl (C=O) groups is 1. The predicted molar refractivity (Wildman–Crippen MR) is 90.9 cm³/mol. The van der Waals surface area contributed by atoms with Crippen LogP contribution in [0.15, 0.2) is 34.2 Å². The van der Waals surface area contributed by atoms with E-state index in [9.17, 15) is 9.90 Å². The maximum Gasteiger partial charge on any atom is 0.256 e. The number of thiophene rings is 2. The minimum Gasteiger partial charge on any atom is -0.386 e. The lowest BCUT2D eigenvalue weighted by Crippen LogP contribution is -2.28. The number of amides is 1. The molecule has 3 aromatic heterocycles. The van der Waals surface area contributed by atoms with Gasteiger partial charge in [0.15, 0.2) is 0 Å². The highest BCUT2D eigenvalue weighted by molar-refractivity contribution is 7.21. The SMILES string of the molecule is Cc1noc(C)c1C(=O)NCC(O)c1ccc(-c2cccs2)s1. The van der Waals surface area contributed by atoms with Crippen LogP contribution in [0.4, 0.5) is 0 Å². The third-order valence-corrected chi connectivity index (χ3v) is 5.69. The van der Waals surface area contributed by atoms with Crippen LogP contribution in [-0.4, -0.2) is 22.7 Å². The highest BCUT2D eigenvalue weighted by atomic mass is 32.1. The Morgan fingerprint density at radius 3 is 2.83 bits per heavy atom. The molecular weight excluding hydrogens is 332 g/mol. The molecular formula is C16H16N2O3S2. The molecule has 0 saturated carbocycles. The smallest absolute Gasteiger partial charge is 0.256 e. The number of aromatic nitrogens is 1. The van der Waals surface area contributed by atoms with Gasteiger partial charge in [0.05, 0.1) is 5.69 Å². The van der Waals surface area contributed by atoms with E-state index in [4.69, 9.17) is 4.52 Å². The molecule has 1 unspecified atom stereocenters.